The quantitative estimate of drug-likeness (QED) is 0.866. The number of carbonyl (C=O) groups is 2. The Labute approximate surface area is 122 Å². The molecule has 0 aliphatic rings. The van der Waals surface area contributed by atoms with Crippen LogP contribution in [0.2, 0.25) is 0 Å². The minimum Gasteiger partial charge on any atom is -0.480 e. The van der Waals surface area contributed by atoms with Gasteiger partial charge in [0.2, 0.25) is 0 Å². The summed E-state index contributed by atoms with van der Waals surface area (Å²) in [5, 5.41) is 15.7. The second-order valence-corrected chi connectivity index (χ2v) is 4.99. The van der Waals surface area contributed by atoms with Gasteiger partial charge in [-0.1, -0.05) is 13.3 Å². The summed E-state index contributed by atoms with van der Waals surface area (Å²) in [6, 6.07) is 0.960. The zero-order valence-electron chi connectivity index (χ0n) is 12.3. The fourth-order valence-electron chi connectivity index (χ4n) is 2.21. The molecule has 0 aromatic carbocycles. The molecule has 1 unspecified atom stereocenters. The molecule has 0 aliphatic carbocycles. The molecule has 0 fully saturated rings. The molecule has 0 bridgehead atoms. The minimum atomic E-state index is -1.04. The Morgan fingerprint density at radius 2 is 2.14 bits per heavy atom. The summed E-state index contributed by atoms with van der Waals surface area (Å²) in [5.74, 6) is -1.51. The molecule has 2 aromatic rings. The summed E-state index contributed by atoms with van der Waals surface area (Å²) in [7, 11) is 0. The molecular weight excluding hydrogens is 272 g/mol. The summed E-state index contributed by atoms with van der Waals surface area (Å²) < 4.78 is 1.57. The highest BCUT2D eigenvalue weighted by Crippen LogP contribution is 2.12. The van der Waals surface area contributed by atoms with E-state index in [1.165, 1.54) is 6.20 Å². The third-order valence-electron chi connectivity index (χ3n) is 3.20. The number of amides is 1. The Morgan fingerprint density at radius 1 is 1.43 bits per heavy atom. The molecule has 7 heteroatoms. The van der Waals surface area contributed by atoms with Crippen LogP contribution in [0.25, 0.3) is 5.65 Å². The molecule has 0 radical (unpaired) electrons. The zero-order chi connectivity index (χ0) is 15.6. The van der Waals surface area contributed by atoms with Crippen molar-refractivity contribution in [3.8, 4) is 0 Å². The highest BCUT2D eigenvalue weighted by atomic mass is 16.4. The molecule has 7 nitrogen and oxygen atoms in total. The van der Waals surface area contributed by atoms with E-state index < -0.39 is 17.9 Å². The van der Waals surface area contributed by atoms with Crippen molar-refractivity contribution in [2.24, 2.45) is 0 Å². The van der Waals surface area contributed by atoms with Gasteiger partial charge in [0.1, 0.15) is 11.6 Å². The first-order valence-electron chi connectivity index (χ1n) is 6.79. The van der Waals surface area contributed by atoms with Crippen molar-refractivity contribution in [2.75, 3.05) is 0 Å². The number of hydrogen-bond acceptors (Lipinski definition) is 4. The third-order valence-corrected chi connectivity index (χ3v) is 3.20. The van der Waals surface area contributed by atoms with Gasteiger partial charge in [0.25, 0.3) is 5.91 Å². The van der Waals surface area contributed by atoms with Gasteiger partial charge in [0, 0.05) is 11.4 Å². The van der Waals surface area contributed by atoms with Gasteiger partial charge in [-0.15, -0.1) is 0 Å². The standard InChI is InChI=1S/C14H18N4O3/c1-4-5-11(14(20)21)17-13(19)10-7-15-18-9(3)6-8(2)16-12(10)18/h6-7,11H,4-5H2,1-3H3,(H,17,19)(H,20,21). The summed E-state index contributed by atoms with van der Waals surface area (Å²) in [6.07, 6.45) is 2.46. The van der Waals surface area contributed by atoms with Crippen LogP contribution in [0.1, 0.15) is 41.5 Å². The largest absolute Gasteiger partial charge is 0.480 e. The van der Waals surface area contributed by atoms with Gasteiger partial charge >= 0.3 is 5.97 Å². The number of rotatable bonds is 5. The molecule has 2 rings (SSSR count). The normalized spacial score (nSPS) is 12.3. The molecule has 0 saturated carbocycles. The third kappa shape index (κ3) is 3.01. The topological polar surface area (TPSA) is 96.6 Å². The maximum atomic E-state index is 12.3. The summed E-state index contributed by atoms with van der Waals surface area (Å²) in [5.41, 5.74) is 2.35. The Bertz CT molecular complexity index is 693. The molecule has 0 aliphatic heterocycles. The van der Waals surface area contributed by atoms with Crippen molar-refractivity contribution >= 4 is 17.5 Å². The van der Waals surface area contributed by atoms with Crippen LogP contribution in [0.4, 0.5) is 0 Å². The van der Waals surface area contributed by atoms with Crippen molar-refractivity contribution in [1.29, 1.82) is 0 Å². The average molecular weight is 290 g/mol. The van der Waals surface area contributed by atoms with Crippen LogP contribution in [-0.4, -0.2) is 37.6 Å². The Kier molecular flexibility index (Phi) is 4.21. The molecule has 112 valence electrons. The lowest BCUT2D eigenvalue weighted by molar-refractivity contribution is -0.139. The molecule has 2 N–H and O–H groups in total. The van der Waals surface area contributed by atoms with E-state index in [1.54, 1.807) is 4.52 Å². The van der Waals surface area contributed by atoms with Crippen molar-refractivity contribution in [3.63, 3.8) is 0 Å². The molecule has 1 atom stereocenters. The highest BCUT2D eigenvalue weighted by molar-refractivity contribution is 6.01. The van der Waals surface area contributed by atoms with Crippen LogP contribution in [0.15, 0.2) is 12.3 Å². The van der Waals surface area contributed by atoms with Crippen LogP contribution in [0, 0.1) is 13.8 Å². The molecular formula is C14H18N4O3. The van der Waals surface area contributed by atoms with Gasteiger partial charge in [-0.2, -0.15) is 5.10 Å². The monoisotopic (exact) mass is 290 g/mol. The van der Waals surface area contributed by atoms with Crippen LogP contribution in [-0.2, 0) is 4.79 Å². The lowest BCUT2D eigenvalue weighted by atomic mass is 10.1. The fraction of sp³-hybridized carbons (Fsp3) is 0.429. The molecule has 2 aromatic heterocycles. The first-order valence-corrected chi connectivity index (χ1v) is 6.79. The van der Waals surface area contributed by atoms with Gasteiger partial charge in [0.05, 0.1) is 6.20 Å². The SMILES string of the molecule is CCCC(NC(=O)c1cnn2c(C)cc(C)nc12)C(=O)O. The van der Waals surface area contributed by atoms with E-state index in [2.05, 4.69) is 15.4 Å². The number of aromatic nitrogens is 3. The van der Waals surface area contributed by atoms with Gasteiger partial charge in [-0.3, -0.25) is 4.79 Å². The number of nitrogens with zero attached hydrogens (tertiary/aromatic N) is 3. The number of aryl methyl sites for hydroxylation is 2. The first kappa shape index (κ1) is 15.0. The Balaban J connectivity index is 2.33. The second-order valence-electron chi connectivity index (χ2n) is 4.99. The van der Waals surface area contributed by atoms with E-state index in [4.69, 9.17) is 5.11 Å². The number of aliphatic carboxylic acids is 1. The van der Waals surface area contributed by atoms with Crippen molar-refractivity contribution in [1.82, 2.24) is 19.9 Å². The smallest absolute Gasteiger partial charge is 0.326 e. The van der Waals surface area contributed by atoms with E-state index in [0.29, 0.717) is 18.5 Å². The number of carboxylic acid groups (broad SMARTS) is 1. The van der Waals surface area contributed by atoms with E-state index in [-0.39, 0.29) is 5.56 Å². The lowest BCUT2D eigenvalue weighted by Crippen LogP contribution is -2.40. The van der Waals surface area contributed by atoms with Crippen molar-refractivity contribution in [2.45, 2.75) is 39.7 Å². The lowest BCUT2D eigenvalue weighted by Gasteiger charge is -2.12. The summed E-state index contributed by atoms with van der Waals surface area (Å²) in [6.45, 7) is 5.57. The van der Waals surface area contributed by atoms with Gasteiger partial charge in [-0.05, 0) is 26.3 Å². The van der Waals surface area contributed by atoms with Gasteiger partial charge < -0.3 is 10.4 Å². The van der Waals surface area contributed by atoms with Gasteiger partial charge in [-0.25, -0.2) is 14.3 Å². The number of carbonyl (C=O) groups excluding carboxylic acids is 1. The minimum absolute atomic E-state index is 0.282. The predicted octanol–water partition coefficient (Wildman–Crippen LogP) is 1.33. The molecule has 2 heterocycles. The second kappa shape index (κ2) is 5.90. The van der Waals surface area contributed by atoms with Crippen LogP contribution in [0.5, 0.6) is 0 Å². The summed E-state index contributed by atoms with van der Waals surface area (Å²) in [4.78, 5) is 27.7. The molecule has 21 heavy (non-hydrogen) atoms. The zero-order valence-corrected chi connectivity index (χ0v) is 12.3. The molecule has 0 spiro atoms. The Hall–Kier alpha value is -2.44. The van der Waals surface area contributed by atoms with E-state index >= 15 is 0 Å². The van der Waals surface area contributed by atoms with Crippen molar-refractivity contribution in [3.05, 3.63) is 29.2 Å². The fourth-order valence-corrected chi connectivity index (χ4v) is 2.21. The predicted molar refractivity (Wildman–Crippen MR) is 76.3 cm³/mol. The highest BCUT2D eigenvalue weighted by Gasteiger charge is 2.22. The van der Waals surface area contributed by atoms with Gasteiger partial charge in [0.15, 0.2) is 5.65 Å². The van der Waals surface area contributed by atoms with E-state index in [9.17, 15) is 9.59 Å². The Morgan fingerprint density at radius 3 is 2.76 bits per heavy atom. The molecule has 0 saturated heterocycles. The number of fused-ring (bicyclic) bond motifs is 1. The van der Waals surface area contributed by atoms with Crippen LogP contribution < -0.4 is 5.32 Å². The van der Waals surface area contributed by atoms with E-state index in [0.717, 1.165) is 11.4 Å². The number of carboxylic acids is 1. The number of nitrogens with one attached hydrogen (secondary N) is 1. The number of hydrogen-bond donors (Lipinski definition) is 2. The maximum absolute atomic E-state index is 12.3. The maximum Gasteiger partial charge on any atom is 0.326 e. The molecule has 1 amide bonds. The first-order chi connectivity index (χ1) is 9.93. The summed E-state index contributed by atoms with van der Waals surface area (Å²) >= 11 is 0. The van der Waals surface area contributed by atoms with Crippen LogP contribution >= 0.6 is 0 Å². The van der Waals surface area contributed by atoms with Crippen molar-refractivity contribution < 1.29 is 14.7 Å². The van der Waals surface area contributed by atoms with E-state index in [1.807, 2.05) is 26.8 Å². The average Bonchev–Trinajstić information content (AvgIpc) is 2.81. The van der Waals surface area contributed by atoms with Crippen LogP contribution in [0.3, 0.4) is 0 Å².